The molecule has 0 saturated heterocycles. The summed E-state index contributed by atoms with van der Waals surface area (Å²) < 4.78 is 10.7. The summed E-state index contributed by atoms with van der Waals surface area (Å²) >= 11 is 0. The standard InChI is InChI=1S/C19H32O.C17H26O3/c1-7-15(8-2)17-10-9-16(14(3)13-17)11-12-18(20)19(4,5)6;1-4-19-17(18)9-7-5-6-8-12-20-16-11-10-14(2)13-15(16)3/h9-10,13,15,18,20H,7-8,11-12H2,1-6H3;10-11,13H,4-9,12H2,1-3H3. The second-order valence-corrected chi connectivity index (χ2v) is 12.2. The van der Waals surface area contributed by atoms with Crippen molar-refractivity contribution < 1.29 is 19.4 Å². The van der Waals surface area contributed by atoms with Crippen LogP contribution < -0.4 is 4.74 Å². The van der Waals surface area contributed by atoms with Crippen LogP contribution in [0.4, 0.5) is 0 Å². The Morgan fingerprint density at radius 3 is 2.12 bits per heavy atom. The van der Waals surface area contributed by atoms with Gasteiger partial charge in [0, 0.05) is 6.42 Å². The maximum Gasteiger partial charge on any atom is 0.305 e. The maximum absolute atomic E-state index is 11.1. The SMILES string of the molecule is CCC(CC)c1ccc(CCC(O)C(C)(C)C)c(C)c1.CCOC(=O)CCCCCCOc1ccc(C)cc1C. The fraction of sp³-hybridized carbons (Fsp3) is 0.639. The molecule has 0 amide bonds. The van der Waals surface area contributed by atoms with Crippen molar-refractivity contribution in [1.82, 2.24) is 0 Å². The summed E-state index contributed by atoms with van der Waals surface area (Å²) in [5.74, 6) is 1.57. The molecule has 226 valence electrons. The van der Waals surface area contributed by atoms with Crippen molar-refractivity contribution in [3.05, 3.63) is 64.2 Å². The lowest BCUT2D eigenvalue weighted by molar-refractivity contribution is -0.143. The molecule has 1 N–H and O–H groups in total. The van der Waals surface area contributed by atoms with Crippen molar-refractivity contribution in [2.45, 2.75) is 132 Å². The average Bonchev–Trinajstić information content (AvgIpc) is 2.89. The van der Waals surface area contributed by atoms with Gasteiger partial charge in [0.1, 0.15) is 5.75 Å². The van der Waals surface area contributed by atoms with Crippen molar-refractivity contribution in [2.75, 3.05) is 13.2 Å². The number of hydrogen-bond acceptors (Lipinski definition) is 4. The Balaban J connectivity index is 0.000000400. The number of unbranched alkanes of at least 4 members (excludes halogenated alkanes) is 3. The van der Waals surface area contributed by atoms with Crippen LogP contribution in [-0.4, -0.2) is 30.4 Å². The van der Waals surface area contributed by atoms with Gasteiger partial charge in [0.2, 0.25) is 0 Å². The summed E-state index contributed by atoms with van der Waals surface area (Å²) in [4.78, 5) is 11.1. The van der Waals surface area contributed by atoms with Gasteiger partial charge in [0.25, 0.3) is 0 Å². The Morgan fingerprint density at radius 1 is 0.875 bits per heavy atom. The van der Waals surface area contributed by atoms with E-state index in [2.05, 4.69) is 85.7 Å². The number of esters is 1. The number of carbonyl (C=O) groups is 1. The van der Waals surface area contributed by atoms with Gasteiger partial charge in [-0.3, -0.25) is 4.79 Å². The second kappa shape index (κ2) is 18.9. The van der Waals surface area contributed by atoms with E-state index in [1.165, 1.54) is 40.7 Å². The molecule has 0 heterocycles. The van der Waals surface area contributed by atoms with E-state index in [9.17, 15) is 9.90 Å². The predicted molar refractivity (Wildman–Crippen MR) is 169 cm³/mol. The van der Waals surface area contributed by atoms with Gasteiger partial charge in [0.05, 0.1) is 19.3 Å². The van der Waals surface area contributed by atoms with Crippen LogP contribution in [-0.2, 0) is 16.0 Å². The average molecular weight is 555 g/mol. The molecule has 0 aliphatic rings. The summed E-state index contributed by atoms with van der Waals surface area (Å²) in [5.41, 5.74) is 6.64. The molecule has 1 unspecified atom stereocenters. The van der Waals surface area contributed by atoms with Crippen molar-refractivity contribution in [1.29, 1.82) is 0 Å². The van der Waals surface area contributed by atoms with Gasteiger partial charge in [-0.2, -0.15) is 0 Å². The molecule has 2 rings (SSSR count). The highest BCUT2D eigenvalue weighted by molar-refractivity contribution is 5.69. The van der Waals surface area contributed by atoms with E-state index in [-0.39, 0.29) is 17.5 Å². The van der Waals surface area contributed by atoms with E-state index < -0.39 is 0 Å². The Kier molecular flexibility index (Phi) is 16.9. The van der Waals surface area contributed by atoms with Crippen LogP contribution in [0, 0.1) is 26.2 Å². The van der Waals surface area contributed by atoms with Gasteiger partial charge in [-0.15, -0.1) is 0 Å². The third kappa shape index (κ3) is 13.8. The molecule has 0 fully saturated rings. The zero-order valence-electron chi connectivity index (χ0n) is 27.1. The van der Waals surface area contributed by atoms with Gasteiger partial charge in [-0.05, 0) is 106 Å². The van der Waals surface area contributed by atoms with Crippen LogP contribution in [0.1, 0.15) is 127 Å². The second-order valence-electron chi connectivity index (χ2n) is 12.2. The monoisotopic (exact) mass is 554 g/mol. The fourth-order valence-corrected chi connectivity index (χ4v) is 4.84. The molecular weight excluding hydrogens is 496 g/mol. The zero-order chi connectivity index (χ0) is 30.1. The number of hydrogen-bond donors (Lipinski definition) is 1. The van der Waals surface area contributed by atoms with Gasteiger partial charge in [-0.1, -0.05) is 83.4 Å². The highest BCUT2D eigenvalue weighted by Gasteiger charge is 2.21. The van der Waals surface area contributed by atoms with E-state index in [1.807, 2.05) is 13.0 Å². The van der Waals surface area contributed by atoms with Crippen molar-refractivity contribution in [3.63, 3.8) is 0 Å². The molecule has 2 aromatic rings. The number of aliphatic hydroxyl groups is 1. The van der Waals surface area contributed by atoms with Gasteiger partial charge in [-0.25, -0.2) is 0 Å². The highest BCUT2D eigenvalue weighted by atomic mass is 16.5. The van der Waals surface area contributed by atoms with Crippen LogP contribution >= 0.6 is 0 Å². The first-order valence-electron chi connectivity index (χ1n) is 15.6. The molecule has 0 aliphatic carbocycles. The molecule has 0 spiro atoms. The lowest BCUT2D eigenvalue weighted by Gasteiger charge is -2.26. The van der Waals surface area contributed by atoms with E-state index in [0.29, 0.717) is 18.9 Å². The molecule has 0 bridgehead atoms. The number of ether oxygens (including phenoxy) is 2. The molecule has 4 heteroatoms. The first-order chi connectivity index (χ1) is 18.9. The van der Waals surface area contributed by atoms with Crippen LogP contribution in [0.25, 0.3) is 0 Å². The highest BCUT2D eigenvalue weighted by Crippen LogP contribution is 2.27. The Bertz CT molecular complexity index is 985. The molecule has 1 atom stereocenters. The summed E-state index contributed by atoms with van der Waals surface area (Å²) in [6.07, 6.45) is 8.59. The first-order valence-corrected chi connectivity index (χ1v) is 15.6. The topological polar surface area (TPSA) is 55.8 Å². The van der Waals surface area contributed by atoms with Crippen LogP contribution in [0.5, 0.6) is 5.75 Å². The van der Waals surface area contributed by atoms with E-state index in [4.69, 9.17) is 9.47 Å². The van der Waals surface area contributed by atoms with Crippen molar-refractivity contribution >= 4 is 5.97 Å². The van der Waals surface area contributed by atoms with Gasteiger partial charge >= 0.3 is 5.97 Å². The number of rotatable bonds is 15. The normalized spacial score (nSPS) is 12.1. The van der Waals surface area contributed by atoms with Gasteiger partial charge in [0.15, 0.2) is 0 Å². The lowest BCUT2D eigenvalue weighted by Crippen LogP contribution is -2.26. The minimum absolute atomic E-state index is 0.0244. The molecule has 0 saturated carbocycles. The molecule has 2 aromatic carbocycles. The number of carbonyl (C=O) groups excluding carboxylic acids is 1. The smallest absolute Gasteiger partial charge is 0.305 e. The fourth-order valence-electron chi connectivity index (χ4n) is 4.84. The predicted octanol–water partition coefficient (Wildman–Crippen LogP) is 9.43. The van der Waals surface area contributed by atoms with E-state index >= 15 is 0 Å². The number of aryl methyl sites for hydroxylation is 4. The van der Waals surface area contributed by atoms with Crippen LogP contribution in [0.2, 0.25) is 0 Å². The summed E-state index contributed by atoms with van der Waals surface area (Å²) in [7, 11) is 0. The molecule has 0 aliphatic heterocycles. The molecular formula is C36H58O4. The summed E-state index contributed by atoms with van der Waals surface area (Å²) in [5, 5.41) is 10.2. The van der Waals surface area contributed by atoms with Crippen molar-refractivity contribution in [3.8, 4) is 5.75 Å². The summed E-state index contributed by atoms with van der Waals surface area (Å²) in [6.45, 7) is 20.2. The van der Waals surface area contributed by atoms with E-state index in [1.54, 1.807) is 0 Å². The Morgan fingerprint density at radius 2 is 1.55 bits per heavy atom. The third-order valence-corrected chi connectivity index (χ3v) is 7.68. The molecule has 0 radical (unpaired) electrons. The first kappa shape index (κ1) is 35.7. The Labute approximate surface area is 245 Å². The minimum Gasteiger partial charge on any atom is -0.493 e. The molecule has 40 heavy (non-hydrogen) atoms. The third-order valence-electron chi connectivity index (χ3n) is 7.68. The molecule has 4 nitrogen and oxygen atoms in total. The minimum atomic E-state index is -0.236. The Hall–Kier alpha value is -2.33. The van der Waals surface area contributed by atoms with Crippen LogP contribution in [0.15, 0.2) is 36.4 Å². The van der Waals surface area contributed by atoms with Gasteiger partial charge < -0.3 is 14.6 Å². The molecule has 0 aromatic heterocycles. The number of aliphatic hydroxyl groups excluding tert-OH is 1. The van der Waals surface area contributed by atoms with Crippen molar-refractivity contribution in [2.24, 2.45) is 5.41 Å². The zero-order valence-corrected chi connectivity index (χ0v) is 27.1. The number of benzene rings is 2. The lowest BCUT2D eigenvalue weighted by atomic mass is 9.84. The summed E-state index contributed by atoms with van der Waals surface area (Å²) in [6, 6.07) is 13.1. The maximum atomic E-state index is 11.1. The quantitative estimate of drug-likeness (QED) is 0.176. The largest absolute Gasteiger partial charge is 0.493 e. The van der Waals surface area contributed by atoms with Crippen LogP contribution in [0.3, 0.4) is 0 Å². The van der Waals surface area contributed by atoms with E-state index in [0.717, 1.165) is 50.9 Å².